The summed E-state index contributed by atoms with van der Waals surface area (Å²) in [6.07, 6.45) is 2.38. The van der Waals surface area contributed by atoms with E-state index in [9.17, 15) is 0 Å². The highest BCUT2D eigenvalue weighted by Gasteiger charge is 2.46. The van der Waals surface area contributed by atoms with Crippen LogP contribution in [0.1, 0.15) is 24.1 Å². The van der Waals surface area contributed by atoms with E-state index in [1.54, 1.807) is 7.11 Å². The smallest absolute Gasteiger partial charge is 0.128 e. The minimum atomic E-state index is 0.191. The fourth-order valence-corrected chi connectivity index (χ4v) is 2.89. The number of hydrogen-bond acceptors (Lipinski definition) is 2. The van der Waals surface area contributed by atoms with E-state index in [0.717, 1.165) is 17.8 Å². The number of nitrogens with two attached hydrogens (primary N) is 1. The number of aryl methyl sites for hydroxylation is 1. The topological polar surface area (TPSA) is 51.0 Å². The molecule has 0 amide bonds. The Bertz CT molecular complexity index is 567. The van der Waals surface area contributed by atoms with Gasteiger partial charge in [-0.25, -0.2) is 0 Å². The lowest BCUT2D eigenvalue weighted by Gasteiger charge is -2.14. The van der Waals surface area contributed by atoms with Gasteiger partial charge in [0, 0.05) is 28.6 Å². The second kappa shape index (κ2) is 3.50. The summed E-state index contributed by atoms with van der Waals surface area (Å²) in [5.41, 5.74) is 9.89. The average Bonchev–Trinajstić information content (AvgIpc) is 3.05. The highest BCUT2D eigenvalue weighted by Crippen LogP contribution is 2.52. The van der Waals surface area contributed by atoms with Crippen molar-refractivity contribution in [2.24, 2.45) is 5.73 Å². The molecular weight excluding hydrogens is 212 g/mol. The van der Waals surface area contributed by atoms with Gasteiger partial charge >= 0.3 is 0 Å². The molecule has 3 nitrogen and oxygen atoms in total. The predicted molar refractivity (Wildman–Crippen MR) is 69.6 cm³/mol. The Hall–Kier alpha value is -1.48. The minimum Gasteiger partial charge on any atom is -0.496 e. The lowest BCUT2D eigenvalue weighted by molar-refractivity contribution is 0.419. The third-order valence-corrected chi connectivity index (χ3v) is 3.97. The van der Waals surface area contributed by atoms with E-state index in [0.29, 0.717) is 0 Å². The molecule has 90 valence electrons. The maximum atomic E-state index is 5.96. The normalized spacial score (nSPS) is 17.4. The van der Waals surface area contributed by atoms with Crippen LogP contribution in [-0.4, -0.2) is 18.6 Å². The zero-order valence-electron chi connectivity index (χ0n) is 10.3. The first kappa shape index (κ1) is 10.7. The van der Waals surface area contributed by atoms with E-state index < -0.39 is 0 Å². The number of hydrogen-bond donors (Lipinski definition) is 2. The number of H-pyrrole nitrogens is 1. The van der Waals surface area contributed by atoms with E-state index in [-0.39, 0.29) is 5.41 Å². The number of methoxy groups -OCH3 is 1. The summed E-state index contributed by atoms with van der Waals surface area (Å²) in [5, 5.41) is 1.22. The number of fused-ring (bicyclic) bond motifs is 1. The summed E-state index contributed by atoms with van der Waals surface area (Å²) in [4.78, 5) is 3.45. The van der Waals surface area contributed by atoms with Gasteiger partial charge in [-0.05, 0) is 37.5 Å². The van der Waals surface area contributed by atoms with Crippen LogP contribution in [0.3, 0.4) is 0 Å². The fraction of sp³-hybridized carbons (Fsp3) is 0.429. The number of rotatable bonds is 3. The maximum Gasteiger partial charge on any atom is 0.128 e. The first-order valence-electron chi connectivity index (χ1n) is 6.08. The predicted octanol–water partition coefficient (Wildman–Crippen LogP) is 2.48. The van der Waals surface area contributed by atoms with Gasteiger partial charge in [-0.3, -0.25) is 0 Å². The first-order chi connectivity index (χ1) is 8.22. The van der Waals surface area contributed by atoms with Gasteiger partial charge in [0.05, 0.1) is 7.11 Å². The molecule has 3 N–H and O–H groups in total. The van der Waals surface area contributed by atoms with Crippen LogP contribution in [0.15, 0.2) is 18.2 Å². The van der Waals surface area contributed by atoms with E-state index in [1.807, 2.05) is 12.1 Å². The van der Waals surface area contributed by atoms with E-state index in [1.165, 1.54) is 29.5 Å². The Morgan fingerprint density at radius 1 is 1.41 bits per heavy atom. The monoisotopic (exact) mass is 230 g/mol. The second-order valence-electron chi connectivity index (χ2n) is 4.99. The maximum absolute atomic E-state index is 5.96. The van der Waals surface area contributed by atoms with Crippen LogP contribution in [0.4, 0.5) is 0 Å². The van der Waals surface area contributed by atoms with Gasteiger partial charge in [0.2, 0.25) is 0 Å². The van der Waals surface area contributed by atoms with Gasteiger partial charge in [-0.1, -0.05) is 6.07 Å². The molecule has 0 bridgehead atoms. The largest absolute Gasteiger partial charge is 0.496 e. The molecule has 2 aromatic rings. The number of aromatic nitrogens is 1. The van der Waals surface area contributed by atoms with Crippen molar-refractivity contribution in [1.82, 2.24) is 4.98 Å². The summed E-state index contributed by atoms with van der Waals surface area (Å²) < 4.78 is 5.49. The highest BCUT2D eigenvalue weighted by atomic mass is 16.5. The van der Waals surface area contributed by atoms with E-state index in [4.69, 9.17) is 10.5 Å². The highest BCUT2D eigenvalue weighted by molar-refractivity contribution is 5.92. The number of aromatic amines is 1. The SMILES string of the molecule is COc1cccc2[nH]c(C)c(C3(CN)CC3)c12. The molecule has 1 saturated carbocycles. The summed E-state index contributed by atoms with van der Waals surface area (Å²) >= 11 is 0. The molecular formula is C14H18N2O. The first-order valence-corrected chi connectivity index (χ1v) is 6.08. The molecule has 3 heteroatoms. The van der Waals surface area contributed by atoms with Gasteiger partial charge in [0.25, 0.3) is 0 Å². The standard InChI is InChI=1S/C14H18N2O/c1-9-13(14(8-15)6-7-14)12-10(16-9)4-3-5-11(12)17-2/h3-5,16H,6-8,15H2,1-2H3. The van der Waals surface area contributed by atoms with Crippen LogP contribution in [0, 0.1) is 6.92 Å². The summed E-state index contributed by atoms with van der Waals surface area (Å²) in [6.45, 7) is 2.85. The average molecular weight is 230 g/mol. The minimum absolute atomic E-state index is 0.191. The van der Waals surface area contributed by atoms with Gasteiger partial charge < -0.3 is 15.5 Å². The molecule has 0 aliphatic heterocycles. The van der Waals surface area contributed by atoms with Crippen molar-refractivity contribution in [2.45, 2.75) is 25.2 Å². The van der Waals surface area contributed by atoms with Crippen LogP contribution < -0.4 is 10.5 Å². The van der Waals surface area contributed by atoms with Crippen molar-refractivity contribution in [3.05, 3.63) is 29.5 Å². The molecule has 1 heterocycles. The van der Waals surface area contributed by atoms with Crippen LogP contribution in [0.2, 0.25) is 0 Å². The van der Waals surface area contributed by atoms with Gasteiger partial charge in [-0.15, -0.1) is 0 Å². The van der Waals surface area contributed by atoms with Gasteiger partial charge in [0.15, 0.2) is 0 Å². The van der Waals surface area contributed by atoms with Crippen LogP contribution in [0.5, 0.6) is 5.75 Å². The molecule has 0 atom stereocenters. The quantitative estimate of drug-likeness (QED) is 0.851. The van der Waals surface area contributed by atoms with Gasteiger partial charge in [-0.2, -0.15) is 0 Å². The van der Waals surface area contributed by atoms with Crippen LogP contribution >= 0.6 is 0 Å². The Morgan fingerprint density at radius 2 is 2.18 bits per heavy atom. The zero-order chi connectivity index (χ0) is 12.0. The van der Waals surface area contributed by atoms with E-state index in [2.05, 4.69) is 18.0 Å². The third kappa shape index (κ3) is 1.39. The molecule has 1 aliphatic rings. The van der Waals surface area contributed by atoms with Crippen molar-refractivity contribution >= 4 is 10.9 Å². The molecule has 17 heavy (non-hydrogen) atoms. The zero-order valence-corrected chi connectivity index (χ0v) is 10.3. The molecule has 0 saturated heterocycles. The van der Waals surface area contributed by atoms with Crippen molar-refractivity contribution in [3.8, 4) is 5.75 Å². The number of nitrogens with one attached hydrogen (secondary N) is 1. The lowest BCUT2D eigenvalue weighted by Crippen LogP contribution is -2.20. The third-order valence-electron chi connectivity index (χ3n) is 3.97. The molecule has 1 fully saturated rings. The van der Waals surface area contributed by atoms with Crippen molar-refractivity contribution < 1.29 is 4.74 Å². The van der Waals surface area contributed by atoms with Crippen molar-refractivity contribution in [1.29, 1.82) is 0 Å². The fourth-order valence-electron chi connectivity index (χ4n) is 2.89. The Kier molecular flexibility index (Phi) is 2.20. The molecule has 0 unspecified atom stereocenters. The molecule has 1 aliphatic carbocycles. The van der Waals surface area contributed by atoms with Crippen molar-refractivity contribution in [2.75, 3.05) is 13.7 Å². The molecule has 1 aromatic carbocycles. The molecule has 0 radical (unpaired) electrons. The Morgan fingerprint density at radius 3 is 2.76 bits per heavy atom. The summed E-state index contributed by atoms with van der Waals surface area (Å²) in [6, 6.07) is 6.13. The summed E-state index contributed by atoms with van der Waals surface area (Å²) in [7, 11) is 1.73. The van der Waals surface area contributed by atoms with Crippen LogP contribution in [-0.2, 0) is 5.41 Å². The summed E-state index contributed by atoms with van der Waals surface area (Å²) in [5.74, 6) is 0.946. The number of benzene rings is 1. The van der Waals surface area contributed by atoms with Gasteiger partial charge in [0.1, 0.15) is 5.75 Å². The van der Waals surface area contributed by atoms with E-state index >= 15 is 0 Å². The van der Waals surface area contributed by atoms with Crippen LogP contribution in [0.25, 0.3) is 10.9 Å². The molecule has 1 aromatic heterocycles. The molecule has 3 rings (SSSR count). The number of ether oxygens (including phenoxy) is 1. The molecule has 0 spiro atoms. The Labute approximate surface area is 101 Å². The lowest BCUT2D eigenvalue weighted by atomic mass is 9.93. The Balaban J connectivity index is 2.33. The van der Waals surface area contributed by atoms with Crippen molar-refractivity contribution in [3.63, 3.8) is 0 Å². The second-order valence-corrected chi connectivity index (χ2v) is 4.99.